The zero-order chi connectivity index (χ0) is 18.2. The molecule has 0 bridgehead atoms. The van der Waals surface area contributed by atoms with Crippen molar-refractivity contribution < 1.29 is 18.3 Å². The third-order valence-corrected chi connectivity index (χ3v) is 5.51. The quantitative estimate of drug-likeness (QED) is 0.653. The lowest BCUT2D eigenvalue weighted by molar-refractivity contribution is -0.138. The van der Waals surface area contributed by atoms with E-state index in [1.54, 1.807) is 12.1 Å². The van der Waals surface area contributed by atoms with Crippen molar-refractivity contribution in [3.05, 3.63) is 54.1 Å². The number of carboxylic acids is 1. The van der Waals surface area contributed by atoms with Gasteiger partial charge in [-0.05, 0) is 49.7 Å². The molecular weight excluding hydrogens is 340 g/mol. The van der Waals surface area contributed by atoms with Crippen LogP contribution < -0.4 is 4.72 Å². The highest BCUT2D eigenvalue weighted by Gasteiger charge is 2.21. The molecule has 3 N–H and O–H groups in total. The smallest absolute Gasteiger partial charge is 0.321 e. The van der Waals surface area contributed by atoms with E-state index >= 15 is 0 Å². The van der Waals surface area contributed by atoms with E-state index in [0.29, 0.717) is 0 Å². The van der Waals surface area contributed by atoms with Crippen LogP contribution in [0.5, 0.6) is 0 Å². The first-order valence-corrected chi connectivity index (χ1v) is 9.19. The molecule has 0 saturated heterocycles. The van der Waals surface area contributed by atoms with Crippen molar-refractivity contribution in [3.8, 4) is 11.3 Å². The van der Waals surface area contributed by atoms with E-state index in [9.17, 15) is 13.2 Å². The summed E-state index contributed by atoms with van der Waals surface area (Å²) in [4.78, 5) is 14.2. The summed E-state index contributed by atoms with van der Waals surface area (Å²) in [5, 5.41) is 9.93. The Bertz CT molecular complexity index is 1040. The lowest BCUT2D eigenvalue weighted by atomic mass is 10.1. The van der Waals surface area contributed by atoms with Gasteiger partial charge >= 0.3 is 5.97 Å². The average Bonchev–Trinajstić information content (AvgIpc) is 2.97. The maximum absolute atomic E-state index is 12.2. The number of H-pyrrole nitrogens is 1. The number of sulfonamides is 1. The number of rotatable bonds is 5. The molecule has 0 unspecified atom stereocenters. The Labute approximate surface area is 145 Å². The first-order chi connectivity index (χ1) is 11.8. The van der Waals surface area contributed by atoms with E-state index in [1.165, 1.54) is 19.1 Å². The number of nitrogens with one attached hydrogen (secondary N) is 2. The van der Waals surface area contributed by atoms with Crippen LogP contribution >= 0.6 is 0 Å². The highest BCUT2D eigenvalue weighted by Crippen LogP contribution is 2.25. The fraction of sp³-hybridized carbons (Fsp3) is 0.167. The van der Waals surface area contributed by atoms with E-state index in [4.69, 9.17) is 5.11 Å². The van der Waals surface area contributed by atoms with Crippen LogP contribution in [0.15, 0.2) is 53.4 Å². The van der Waals surface area contributed by atoms with Gasteiger partial charge in [0.2, 0.25) is 10.0 Å². The van der Waals surface area contributed by atoms with Gasteiger partial charge in [-0.1, -0.05) is 23.8 Å². The lowest BCUT2D eigenvalue weighted by Crippen LogP contribution is -2.38. The summed E-state index contributed by atoms with van der Waals surface area (Å²) in [7, 11) is -3.87. The molecule has 0 fully saturated rings. The van der Waals surface area contributed by atoms with Crippen molar-refractivity contribution >= 4 is 26.9 Å². The summed E-state index contributed by atoms with van der Waals surface area (Å²) in [6.45, 7) is 3.30. The maximum atomic E-state index is 12.2. The topological polar surface area (TPSA) is 99.3 Å². The lowest BCUT2D eigenvalue weighted by Gasteiger charge is -2.10. The number of aliphatic carboxylic acids is 1. The molecule has 1 aromatic heterocycles. The second-order valence-electron chi connectivity index (χ2n) is 5.98. The number of aryl methyl sites for hydroxylation is 1. The van der Waals surface area contributed by atoms with E-state index in [2.05, 4.69) is 15.8 Å². The summed E-state index contributed by atoms with van der Waals surface area (Å²) in [5.41, 5.74) is 3.91. The molecule has 1 atom stereocenters. The molecule has 3 rings (SSSR count). The highest BCUT2D eigenvalue weighted by molar-refractivity contribution is 7.89. The second-order valence-corrected chi connectivity index (χ2v) is 7.69. The summed E-state index contributed by atoms with van der Waals surface area (Å²) >= 11 is 0. The van der Waals surface area contributed by atoms with Crippen molar-refractivity contribution in [3.63, 3.8) is 0 Å². The van der Waals surface area contributed by atoms with E-state index < -0.39 is 22.0 Å². The Morgan fingerprint density at radius 1 is 1.12 bits per heavy atom. The zero-order valence-corrected chi connectivity index (χ0v) is 14.6. The van der Waals surface area contributed by atoms with E-state index in [-0.39, 0.29) is 4.90 Å². The molecule has 1 heterocycles. The summed E-state index contributed by atoms with van der Waals surface area (Å²) in [6.07, 6.45) is 0. The van der Waals surface area contributed by atoms with Crippen LogP contribution in [0.25, 0.3) is 22.2 Å². The molecule has 0 amide bonds. The van der Waals surface area contributed by atoms with Crippen molar-refractivity contribution in [2.24, 2.45) is 0 Å². The van der Waals surface area contributed by atoms with Crippen molar-refractivity contribution in [1.82, 2.24) is 9.71 Å². The van der Waals surface area contributed by atoms with Crippen molar-refractivity contribution in [2.45, 2.75) is 24.8 Å². The number of hydrogen-bond acceptors (Lipinski definition) is 3. The van der Waals surface area contributed by atoms with Gasteiger partial charge in [0.25, 0.3) is 0 Å². The Morgan fingerprint density at radius 3 is 2.44 bits per heavy atom. The van der Waals surface area contributed by atoms with E-state index in [0.717, 1.165) is 27.7 Å². The van der Waals surface area contributed by atoms with Crippen LogP contribution in [0.4, 0.5) is 0 Å². The Hall–Kier alpha value is -2.64. The predicted octanol–water partition coefficient (Wildman–Crippen LogP) is 2.89. The average molecular weight is 358 g/mol. The number of aromatic amines is 1. The van der Waals surface area contributed by atoms with Crippen LogP contribution in [0.3, 0.4) is 0 Å². The molecule has 3 aromatic rings. The Balaban J connectivity index is 1.89. The minimum atomic E-state index is -3.87. The molecule has 0 saturated carbocycles. The zero-order valence-electron chi connectivity index (χ0n) is 13.8. The van der Waals surface area contributed by atoms with Crippen LogP contribution in [-0.4, -0.2) is 30.5 Å². The molecule has 0 aliphatic rings. The number of aromatic nitrogens is 1. The Kier molecular flexibility index (Phi) is 4.36. The van der Waals surface area contributed by atoms with Crippen LogP contribution in [0.1, 0.15) is 12.5 Å². The molecule has 0 radical (unpaired) electrons. The standard InChI is InChI=1S/C18H18N2O4S/c1-11-3-8-16-14(9-11)10-17(19-16)13-4-6-15(7-5-13)25(23,24)20-12(2)18(21)22/h3-10,12,19-20H,1-2H3,(H,21,22)/t12-/m1/s1. The molecule has 6 nitrogen and oxygen atoms in total. The number of hydrogen-bond donors (Lipinski definition) is 3. The molecule has 0 aliphatic heterocycles. The largest absolute Gasteiger partial charge is 0.480 e. The van der Waals surface area contributed by atoms with Gasteiger partial charge in [-0.25, -0.2) is 8.42 Å². The number of carboxylic acid groups (broad SMARTS) is 1. The third kappa shape index (κ3) is 3.57. The van der Waals surface area contributed by atoms with Crippen LogP contribution in [0.2, 0.25) is 0 Å². The van der Waals surface area contributed by atoms with Gasteiger partial charge in [0.1, 0.15) is 6.04 Å². The van der Waals surface area contributed by atoms with Crippen molar-refractivity contribution in [2.75, 3.05) is 0 Å². The second kappa shape index (κ2) is 6.34. The summed E-state index contributed by atoms with van der Waals surface area (Å²) < 4.78 is 26.5. The number of carbonyl (C=O) groups is 1. The first-order valence-electron chi connectivity index (χ1n) is 7.71. The van der Waals surface area contributed by atoms with Crippen LogP contribution in [0, 0.1) is 6.92 Å². The highest BCUT2D eigenvalue weighted by atomic mass is 32.2. The van der Waals surface area contributed by atoms with E-state index in [1.807, 2.05) is 25.1 Å². The minimum absolute atomic E-state index is 0.0244. The Morgan fingerprint density at radius 2 is 1.80 bits per heavy atom. The van der Waals surface area contributed by atoms with Crippen molar-refractivity contribution in [1.29, 1.82) is 0 Å². The fourth-order valence-corrected chi connectivity index (χ4v) is 3.77. The third-order valence-electron chi connectivity index (χ3n) is 3.95. The molecule has 7 heteroatoms. The summed E-state index contributed by atoms with van der Waals surface area (Å²) in [6, 6.07) is 13.2. The maximum Gasteiger partial charge on any atom is 0.321 e. The van der Waals surface area contributed by atoms with Gasteiger partial charge in [-0.15, -0.1) is 0 Å². The van der Waals surface area contributed by atoms with Gasteiger partial charge in [-0.2, -0.15) is 4.72 Å². The minimum Gasteiger partial charge on any atom is -0.480 e. The van der Waals surface area contributed by atoms with Gasteiger partial charge in [0.15, 0.2) is 0 Å². The van der Waals surface area contributed by atoms with Crippen LogP contribution in [-0.2, 0) is 14.8 Å². The summed E-state index contributed by atoms with van der Waals surface area (Å²) in [5.74, 6) is -1.23. The number of benzene rings is 2. The monoisotopic (exact) mass is 358 g/mol. The van der Waals surface area contributed by atoms with Gasteiger partial charge in [0.05, 0.1) is 4.90 Å². The van der Waals surface area contributed by atoms with Gasteiger partial charge in [-0.3, -0.25) is 4.79 Å². The van der Waals surface area contributed by atoms with Gasteiger partial charge < -0.3 is 10.1 Å². The number of fused-ring (bicyclic) bond motifs is 1. The molecule has 130 valence electrons. The fourth-order valence-electron chi connectivity index (χ4n) is 2.57. The molecule has 25 heavy (non-hydrogen) atoms. The molecular formula is C18H18N2O4S. The predicted molar refractivity (Wildman–Crippen MR) is 95.9 cm³/mol. The first kappa shape index (κ1) is 17.2. The molecule has 0 spiro atoms. The normalized spacial score (nSPS) is 13.0. The van der Waals surface area contributed by atoms with Gasteiger partial charge in [0, 0.05) is 16.6 Å². The SMILES string of the molecule is Cc1ccc2[nH]c(-c3ccc(S(=O)(=O)N[C@H](C)C(=O)O)cc3)cc2c1. The molecule has 2 aromatic carbocycles. The molecule has 0 aliphatic carbocycles.